The van der Waals surface area contributed by atoms with Crippen molar-refractivity contribution in [1.29, 1.82) is 0 Å². The van der Waals surface area contributed by atoms with Crippen LogP contribution in [-0.4, -0.2) is 29.7 Å². The molecule has 1 rings (SSSR count). The monoisotopic (exact) mass is 268 g/mol. The summed E-state index contributed by atoms with van der Waals surface area (Å²) in [5, 5.41) is 5.70. The number of hydrogen-bond acceptors (Lipinski definition) is 3. The lowest BCUT2D eigenvalue weighted by molar-refractivity contribution is -0.117. The third kappa shape index (κ3) is 5.77. The lowest BCUT2D eigenvalue weighted by atomic mass is 9.90. The van der Waals surface area contributed by atoms with Crippen LogP contribution in [0.4, 0.5) is 4.79 Å². The van der Waals surface area contributed by atoms with Crippen LogP contribution in [0, 0.1) is 0 Å². The molecule has 0 unspecified atom stereocenters. The third-order valence-electron chi connectivity index (χ3n) is 2.98. The standard InChI is InChI=1S/C14H24N2O3/c1-5-12(17)15-10-8-6-7-9-11(10)16-13(18)19-14(2,3)4/h5,10-11H,1,6-9H2,2-4H3,(H,15,17)(H,16,18)/t10-,11-/m1/s1. The van der Waals surface area contributed by atoms with Gasteiger partial charge in [-0.05, 0) is 39.7 Å². The van der Waals surface area contributed by atoms with E-state index in [-0.39, 0.29) is 18.0 Å². The van der Waals surface area contributed by atoms with Gasteiger partial charge in [0.1, 0.15) is 5.60 Å². The molecule has 1 fully saturated rings. The average Bonchev–Trinajstić information content (AvgIpc) is 2.29. The Bertz CT molecular complexity index is 347. The molecule has 0 aromatic heterocycles. The highest BCUT2D eigenvalue weighted by atomic mass is 16.6. The first-order valence-electron chi connectivity index (χ1n) is 6.74. The van der Waals surface area contributed by atoms with Crippen LogP contribution in [0.1, 0.15) is 46.5 Å². The summed E-state index contributed by atoms with van der Waals surface area (Å²) < 4.78 is 5.24. The summed E-state index contributed by atoms with van der Waals surface area (Å²) in [6, 6.07) is -0.126. The highest BCUT2D eigenvalue weighted by molar-refractivity contribution is 5.87. The lowest BCUT2D eigenvalue weighted by Crippen LogP contribution is -2.53. The molecule has 1 aliphatic carbocycles. The van der Waals surface area contributed by atoms with Gasteiger partial charge in [-0.15, -0.1) is 0 Å². The highest BCUT2D eigenvalue weighted by Crippen LogP contribution is 2.19. The molecule has 108 valence electrons. The quantitative estimate of drug-likeness (QED) is 0.770. The van der Waals surface area contributed by atoms with Gasteiger partial charge in [-0.2, -0.15) is 0 Å². The van der Waals surface area contributed by atoms with E-state index in [4.69, 9.17) is 4.74 Å². The second-order valence-electron chi connectivity index (χ2n) is 5.86. The van der Waals surface area contributed by atoms with Crippen LogP contribution in [0.3, 0.4) is 0 Å². The molecular weight excluding hydrogens is 244 g/mol. The SMILES string of the molecule is C=CC(=O)N[C@@H]1CCCC[C@H]1NC(=O)OC(C)(C)C. The van der Waals surface area contributed by atoms with Crippen LogP contribution >= 0.6 is 0 Å². The maximum Gasteiger partial charge on any atom is 0.407 e. The molecule has 2 amide bonds. The van der Waals surface area contributed by atoms with Gasteiger partial charge in [0.15, 0.2) is 0 Å². The van der Waals surface area contributed by atoms with Gasteiger partial charge in [0.05, 0.1) is 6.04 Å². The van der Waals surface area contributed by atoms with Gasteiger partial charge in [0.25, 0.3) is 0 Å². The fourth-order valence-electron chi connectivity index (χ4n) is 2.18. The Kier molecular flexibility index (Phi) is 5.39. The molecule has 5 heteroatoms. The van der Waals surface area contributed by atoms with E-state index < -0.39 is 11.7 Å². The molecule has 0 aromatic rings. The molecule has 19 heavy (non-hydrogen) atoms. The van der Waals surface area contributed by atoms with Crippen LogP contribution < -0.4 is 10.6 Å². The molecule has 1 saturated carbocycles. The van der Waals surface area contributed by atoms with Crippen LogP contribution in [-0.2, 0) is 9.53 Å². The van der Waals surface area contributed by atoms with Gasteiger partial charge >= 0.3 is 6.09 Å². The number of carbonyl (C=O) groups is 2. The van der Waals surface area contributed by atoms with E-state index in [2.05, 4.69) is 17.2 Å². The lowest BCUT2D eigenvalue weighted by Gasteiger charge is -2.33. The first kappa shape index (κ1) is 15.5. The molecule has 1 aliphatic rings. The fraction of sp³-hybridized carbons (Fsp3) is 0.714. The summed E-state index contributed by atoms with van der Waals surface area (Å²) in [5.41, 5.74) is -0.515. The van der Waals surface area contributed by atoms with Gasteiger partial charge in [0.2, 0.25) is 5.91 Å². The molecule has 2 N–H and O–H groups in total. The molecule has 0 spiro atoms. The van der Waals surface area contributed by atoms with Crippen molar-refractivity contribution in [2.24, 2.45) is 0 Å². The van der Waals surface area contributed by atoms with Gasteiger partial charge in [0, 0.05) is 6.04 Å². The van der Waals surface area contributed by atoms with E-state index in [1.54, 1.807) is 0 Å². The van der Waals surface area contributed by atoms with Crippen molar-refractivity contribution in [3.05, 3.63) is 12.7 Å². The van der Waals surface area contributed by atoms with Gasteiger partial charge < -0.3 is 15.4 Å². The molecule has 5 nitrogen and oxygen atoms in total. The zero-order valence-corrected chi connectivity index (χ0v) is 12.0. The predicted octanol–water partition coefficient (Wildman–Crippen LogP) is 2.12. The summed E-state index contributed by atoms with van der Waals surface area (Å²) in [7, 11) is 0. The smallest absolute Gasteiger partial charge is 0.407 e. The number of ether oxygens (including phenoxy) is 1. The Balaban J connectivity index is 2.54. The molecule has 2 atom stereocenters. The largest absolute Gasteiger partial charge is 0.444 e. The van der Waals surface area contributed by atoms with Gasteiger partial charge in [-0.1, -0.05) is 19.4 Å². The molecule has 0 aliphatic heterocycles. The first-order valence-corrected chi connectivity index (χ1v) is 6.74. The summed E-state index contributed by atoms with van der Waals surface area (Å²) in [5.74, 6) is -0.206. The Morgan fingerprint density at radius 2 is 1.68 bits per heavy atom. The topological polar surface area (TPSA) is 67.4 Å². The average molecular weight is 268 g/mol. The predicted molar refractivity (Wildman–Crippen MR) is 73.8 cm³/mol. The molecule has 0 aromatic carbocycles. The Morgan fingerprint density at radius 3 is 2.16 bits per heavy atom. The number of amides is 2. The minimum absolute atomic E-state index is 0.0493. The minimum atomic E-state index is -0.515. The van der Waals surface area contributed by atoms with Crippen molar-refractivity contribution < 1.29 is 14.3 Å². The Morgan fingerprint density at radius 1 is 1.16 bits per heavy atom. The van der Waals surface area contributed by atoms with Crippen molar-refractivity contribution >= 4 is 12.0 Å². The third-order valence-corrected chi connectivity index (χ3v) is 2.98. The highest BCUT2D eigenvalue weighted by Gasteiger charge is 2.28. The fourth-order valence-corrected chi connectivity index (χ4v) is 2.18. The molecule has 0 saturated heterocycles. The zero-order valence-electron chi connectivity index (χ0n) is 12.0. The first-order chi connectivity index (χ1) is 8.81. The Labute approximate surface area is 114 Å². The van der Waals surface area contributed by atoms with Crippen molar-refractivity contribution in [2.75, 3.05) is 0 Å². The van der Waals surface area contributed by atoms with Crippen molar-refractivity contribution in [3.8, 4) is 0 Å². The summed E-state index contributed by atoms with van der Waals surface area (Å²) in [4.78, 5) is 23.1. The molecule has 0 radical (unpaired) electrons. The Hall–Kier alpha value is -1.52. The van der Waals surface area contributed by atoms with E-state index in [0.29, 0.717) is 0 Å². The minimum Gasteiger partial charge on any atom is -0.444 e. The zero-order chi connectivity index (χ0) is 14.5. The molecule has 0 heterocycles. The van der Waals surface area contributed by atoms with Crippen LogP contribution in [0.2, 0.25) is 0 Å². The normalized spacial score (nSPS) is 23.3. The van der Waals surface area contributed by atoms with E-state index >= 15 is 0 Å². The van der Waals surface area contributed by atoms with E-state index in [1.165, 1.54) is 6.08 Å². The molecule has 0 bridgehead atoms. The van der Waals surface area contributed by atoms with Gasteiger partial charge in [-0.3, -0.25) is 4.79 Å². The summed E-state index contributed by atoms with van der Waals surface area (Å²) in [6.07, 6.45) is 4.62. The maximum absolute atomic E-state index is 11.8. The second-order valence-corrected chi connectivity index (χ2v) is 5.86. The summed E-state index contributed by atoms with van der Waals surface area (Å²) >= 11 is 0. The second kappa shape index (κ2) is 6.59. The van der Waals surface area contributed by atoms with Gasteiger partial charge in [-0.25, -0.2) is 4.79 Å². The van der Waals surface area contributed by atoms with E-state index in [0.717, 1.165) is 25.7 Å². The van der Waals surface area contributed by atoms with E-state index in [9.17, 15) is 9.59 Å². The molecular formula is C14H24N2O3. The number of rotatable bonds is 3. The van der Waals surface area contributed by atoms with Crippen molar-refractivity contribution in [2.45, 2.75) is 64.1 Å². The van der Waals surface area contributed by atoms with Crippen LogP contribution in [0.25, 0.3) is 0 Å². The summed E-state index contributed by atoms with van der Waals surface area (Å²) in [6.45, 7) is 8.91. The van der Waals surface area contributed by atoms with Crippen LogP contribution in [0.15, 0.2) is 12.7 Å². The number of nitrogens with one attached hydrogen (secondary N) is 2. The van der Waals surface area contributed by atoms with Crippen molar-refractivity contribution in [3.63, 3.8) is 0 Å². The maximum atomic E-state index is 11.8. The van der Waals surface area contributed by atoms with E-state index in [1.807, 2.05) is 20.8 Å². The number of alkyl carbamates (subject to hydrolysis) is 1. The van der Waals surface area contributed by atoms with Crippen molar-refractivity contribution in [1.82, 2.24) is 10.6 Å². The number of carbonyl (C=O) groups excluding carboxylic acids is 2. The number of hydrogen-bond donors (Lipinski definition) is 2. The van der Waals surface area contributed by atoms with Crippen LogP contribution in [0.5, 0.6) is 0 Å².